The van der Waals surface area contributed by atoms with E-state index in [-0.39, 0.29) is 27.7 Å². The zero-order chi connectivity index (χ0) is 22.6. The van der Waals surface area contributed by atoms with Crippen LogP contribution in [-0.2, 0) is 14.8 Å². The predicted molar refractivity (Wildman–Crippen MR) is 121 cm³/mol. The molecule has 0 atom stereocenters. The van der Waals surface area contributed by atoms with E-state index in [1.165, 1.54) is 21.7 Å². The number of carbonyl (C=O) groups excluding carboxylic acids is 1. The zero-order valence-electron chi connectivity index (χ0n) is 16.9. The first-order valence-corrected chi connectivity index (χ1v) is 13.1. The molecule has 1 amide bonds. The number of sulfonamides is 1. The number of carbonyl (C=O) groups is 1. The highest BCUT2D eigenvalue weighted by molar-refractivity contribution is 7.99. The van der Waals surface area contributed by atoms with E-state index in [0.29, 0.717) is 29.2 Å². The van der Waals surface area contributed by atoms with Crippen molar-refractivity contribution >= 4 is 44.0 Å². The Labute approximate surface area is 193 Å². The Morgan fingerprint density at radius 2 is 2.06 bits per heavy atom. The van der Waals surface area contributed by atoms with E-state index < -0.39 is 10.0 Å². The first kappa shape index (κ1) is 22.5. The van der Waals surface area contributed by atoms with Crippen LogP contribution in [0.15, 0.2) is 50.2 Å². The second kappa shape index (κ2) is 9.83. The Balaban J connectivity index is 1.42. The van der Waals surface area contributed by atoms with Crippen LogP contribution in [0.5, 0.6) is 0 Å². The van der Waals surface area contributed by atoms with Crippen LogP contribution in [0.2, 0.25) is 0 Å². The molecule has 12 heteroatoms. The van der Waals surface area contributed by atoms with Gasteiger partial charge in [0.15, 0.2) is 0 Å². The molecule has 1 N–H and O–H groups in total. The maximum atomic E-state index is 12.9. The van der Waals surface area contributed by atoms with Crippen molar-refractivity contribution in [2.45, 2.75) is 29.4 Å². The van der Waals surface area contributed by atoms with Crippen LogP contribution in [0.4, 0.5) is 5.00 Å². The molecule has 1 aromatic carbocycles. The lowest BCUT2D eigenvalue weighted by Gasteiger charge is -2.25. The quantitative estimate of drug-likeness (QED) is 0.499. The van der Waals surface area contributed by atoms with E-state index in [0.717, 1.165) is 31.0 Å². The van der Waals surface area contributed by atoms with E-state index >= 15 is 0 Å². The van der Waals surface area contributed by atoms with Crippen LogP contribution in [-0.4, -0.2) is 47.7 Å². The highest BCUT2D eigenvalue weighted by Crippen LogP contribution is 2.28. The Hall–Kier alpha value is -2.72. The van der Waals surface area contributed by atoms with Gasteiger partial charge in [0.1, 0.15) is 11.1 Å². The number of anilines is 1. The molecule has 0 spiro atoms. The monoisotopic (exact) mass is 489 g/mol. The summed E-state index contributed by atoms with van der Waals surface area (Å²) in [6, 6.07) is 10.1. The number of amides is 1. The standard InChI is InChI=1S/C20H19N5O4S3/c21-12-15-7-10-30-19(15)22-17(26)13-31-20-24-23-18(29-20)14-5-4-6-16(11-14)32(27,28)25-8-2-1-3-9-25/h4-7,10-11H,1-3,8-9,13H2,(H,22,26). The molecule has 0 unspecified atom stereocenters. The van der Waals surface area contributed by atoms with Crippen LogP contribution in [0.25, 0.3) is 11.5 Å². The van der Waals surface area contributed by atoms with Gasteiger partial charge in [-0.05, 0) is 42.5 Å². The number of aromatic nitrogens is 2. The second-order valence-corrected chi connectivity index (χ2v) is 10.8. The summed E-state index contributed by atoms with van der Waals surface area (Å²) in [6.07, 6.45) is 2.77. The number of benzene rings is 1. The molecule has 166 valence electrons. The lowest BCUT2D eigenvalue weighted by molar-refractivity contribution is -0.113. The van der Waals surface area contributed by atoms with Crippen molar-refractivity contribution < 1.29 is 17.6 Å². The molecular weight excluding hydrogens is 470 g/mol. The van der Waals surface area contributed by atoms with Gasteiger partial charge >= 0.3 is 0 Å². The summed E-state index contributed by atoms with van der Waals surface area (Å²) < 4.78 is 33.0. The molecule has 2 aromatic heterocycles. The van der Waals surface area contributed by atoms with Crippen molar-refractivity contribution in [3.8, 4) is 17.5 Å². The molecule has 0 saturated carbocycles. The van der Waals surface area contributed by atoms with E-state index in [1.807, 2.05) is 6.07 Å². The van der Waals surface area contributed by atoms with Gasteiger partial charge in [0.2, 0.25) is 21.8 Å². The third-order valence-corrected chi connectivity index (χ3v) is 8.35. The molecule has 3 heterocycles. The molecule has 1 fully saturated rings. The third kappa shape index (κ3) is 5.02. The maximum absolute atomic E-state index is 12.9. The number of thiophene rings is 1. The Kier molecular flexibility index (Phi) is 6.90. The molecular formula is C20H19N5O4S3. The van der Waals surface area contributed by atoms with Crippen LogP contribution >= 0.6 is 23.1 Å². The second-order valence-electron chi connectivity index (χ2n) is 6.98. The highest BCUT2D eigenvalue weighted by Gasteiger charge is 2.26. The molecule has 1 aliphatic rings. The number of nitrogens with one attached hydrogen (secondary N) is 1. The number of rotatable bonds is 7. The van der Waals surface area contributed by atoms with Gasteiger partial charge in [0.25, 0.3) is 5.22 Å². The van der Waals surface area contributed by atoms with E-state index in [1.54, 1.807) is 29.6 Å². The number of nitriles is 1. The van der Waals surface area contributed by atoms with E-state index in [2.05, 4.69) is 15.5 Å². The van der Waals surface area contributed by atoms with Crippen LogP contribution in [0.3, 0.4) is 0 Å². The molecule has 3 aromatic rings. The molecule has 0 aliphatic carbocycles. The summed E-state index contributed by atoms with van der Waals surface area (Å²) in [7, 11) is -3.57. The average Bonchev–Trinajstić information content (AvgIpc) is 3.48. The first-order valence-electron chi connectivity index (χ1n) is 9.82. The summed E-state index contributed by atoms with van der Waals surface area (Å²) in [6.45, 7) is 1.05. The SMILES string of the molecule is N#Cc1ccsc1NC(=O)CSc1nnc(-c2cccc(S(=O)(=O)N3CCCCC3)c2)o1. The number of nitrogens with zero attached hydrogens (tertiary/aromatic N) is 4. The molecule has 32 heavy (non-hydrogen) atoms. The number of hydrogen-bond donors (Lipinski definition) is 1. The fourth-order valence-corrected chi connectivity index (χ4v) is 6.09. The van der Waals surface area contributed by atoms with Crippen LogP contribution in [0.1, 0.15) is 24.8 Å². The number of piperidine rings is 1. The smallest absolute Gasteiger partial charge is 0.277 e. The van der Waals surface area contributed by atoms with E-state index in [4.69, 9.17) is 9.68 Å². The van der Waals surface area contributed by atoms with Crippen molar-refractivity contribution in [3.05, 3.63) is 41.3 Å². The summed E-state index contributed by atoms with van der Waals surface area (Å²) in [5.74, 6) is -0.106. The molecule has 0 radical (unpaired) electrons. The van der Waals surface area contributed by atoms with Crippen molar-refractivity contribution in [3.63, 3.8) is 0 Å². The summed E-state index contributed by atoms with van der Waals surface area (Å²) >= 11 is 2.33. The van der Waals surface area contributed by atoms with Crippen molar-refractivity contribution in [2.24, 2.45) is 0 Å². The van der Waals surface area contributed by atoms with Crippen LogP contribution < -0.4 is 5.32 Å². The fourth-order valence-electron chi connectivity index (χ4n) is 3.21. The largest absolute Gasteiger partial charge is 0.411 e. The van der Waals surface area contributed by atoms with Gasteiger partial charge in [-0.25, -0.2) is 8.42 Å². The third-order valence-electron chi connectivity index (χ3n) is 4.81. The number of thioether (sulfide) groups is 1. The predicted octanol–water partition coefficient (Wildman–Crippen LogP) is 3.58. The lowest BCUT2D eigenvalue weighted by atomic mass is 10.2. The topological polar surface area (TPSA) is 129 Å². The molecule has 9 nitrogen and oxygen atoms in total. The molecule has 1 aliphatic heterocycles. The van der Waals surface area contributed by atoms with Gasteiger partial charge in [-0.15, -0.1) is 21.5 Å². The minimum atomic E-state index is -3.57. The summed E-state index contributed by atoms with van der Waals surface area (Å²) in [5.41, 5.74) is 0.900. The summed E-state index contributed by atoms with van der Waals surface area (Å²) in [4.78, 5) is 12.3. The van der Waals surface area contributed by atoms with Crippen LogP contribution in [0, 0.1) is 11.3 Å². The minimum Gasteiger partial charge on any atom is -0.411 e. The number of hydrogen-bond acceptors (Lipinski definition) is 9. The van der Waals surface area contributed by atoms with Crippen molar-refractivity contribution in [1.82, 2.24) is 14.5 Å². The minimum absolute atomic E-state index is 0.0216. The first-order chi connectivity index (χ1) is 15.5. The van der Waals surface area contributed by atoms with Gasteiger partial charge < -0.3 is 9.73 Å². The molecule has 0 bridgehead atoms. The van der Waals surface area contributed by atoms with Gasteiger partial charge in [-0.1, -0.05) is 24.2 Å². The zero-order valence-corrected chi connectivity index (χ0v) is 19.3. The van der Waals surface area contributed by atoms with Gasteiger partial charge in [-0.2, -0.15) is 9.57 Å². The highest BCUT2D eigenvalue weighted by atomic mass is 32.2. The maximum Gasteiger partial charge on any atom is 0.277 e. The molecule has 4 rings (SSSR count). The Morgan fingerprint density at radius 1 is 1.25 bits per heavy atom. The van der Waals surface area contributed by atoms with Crippen molar-refractivity contribution in [1.29, 1.82) is 5.26 Å². The molecule has 1 saturated heterocycles. The Morgan fingerprint density at radius 3 is 2.84 bits per heavy atom. The fraction of sp³-hybridized carbons (Fsp3) is 0.300. The van der Waals surface area contributed by atoms with Crippen molar-refractivity contribution in [2.75, 3.05) is 24.2 Å². The lowest BCUT2D eigenvalue weighted by Crippen LogP contribution is -2.35. The van der Waals surface area contributed by atoms with E-state index in [9.17, 15) is 13.2 Å². The summed E-state index contributed by atoms with van der Waals surface area (Å²) in [5, 5.41) is 22.0. The van der Waals surface area contributed by atoms with Gasteiger partial charge in [-0.3, -0.25) is 4.79 Å². The van der Waals surface area contributed by atoms with Gasteiger partial charge in [0.05, 0.1) is 16.2 Å². The van der Waals surface area contributed by atoms with Gasteiger partial charge in [0, 0.05) is 18.7 Å². The normalized spacial score (nSPS) is 14.7. The average molecular weight is 490 g/mol. The Bertz CT molecular complexity index is 1260.